The molecule has 0 aliphatic heterocycles. The average Bonchev–Trinajstić information content (AvgIpc) is 3.35. The monoisotopic (exact) mass is 329 g/mol. The summed E-state index contributed by atoms with van der Waals surface area (Å²) in [5.74, 6) is 0.116. The van der Waals surface area contributed by atoms with Gasteiger partial charge in [-0.1, -0.05) is 54.1 Å². The molecule has 4 heteroatoms. The lowest BCUT2D eigenvalue weighted by molar-refractivity contribution is -0.916. The second-order valence-corrected chi connectivity index (χ2v) is 6.71. The molecule has 0 aromatic heterocycles. The highest BCUT2D eigenvalue weighted by Gasteiger charge is 2.33. The number of likely N-dealkylation sites (N-methyl/N-ethyl adjacent to an activating group) is 1. The number of rotatable bonds is 6. The highest BCUT2D eigenvalue weighted by atomic mass is 35.5. The van der Waals surface area contributed by atoms with Crippen LogP contribution < -0.4 is 10.2 Å². The van der Waals surface area contributed by atoms with E-state index in [1.807, 2.05) is 54.6 Å². The van der Waals surface area contributed by atoms with E-state index in [2.05, 4.69) is 12.4 Å². The Balaban J connectivity index is 1.78. The quantitative estimate of drug-likeness (QED) is 0.838. The average molecular weight is 330 g/mol. The number of halogens is 1. The summed E-state index contributed by atoms with van der Waals surface area (Å²) in [7, 11) is 2.07. The first-order valence-electron chi connectivity index (χ1n) is 8.05. The second kappa shape index (κ2) is 7.16. The number of hydrogen-bond donors (Lipinski definition) is 2. The minimum atomic E-state index is -0.201. The third-order valence-corrected chi connectivity index (χ3v) is 4.46. The Bertz CT molecular complexity index is 653. The van der Waals surface area contributed by atoms with Crippen LogP contribution in [0.5, 0.6) is 0 Å². The van der Waals surface area contributed by atoms with Crippen molar-refractivity contribution in [2.45, 2.75) is 31.5 Å². The van der Waals surface area contributed by atoms with Gasteiger partial charge in [-0.2, -0.15) is 0 Å². The molecule has 1 aliphatic rings. The number of quaternary nitrogens is 1. The molecular formula is C19H22ClN2O+. The van der Waals surface area contributed by atoms with Gasteiger partial charge in [-0.3, -0.25) is 4.79 Å². The summed E-state index contributed by atoms with van der Waals surface area (Å²) < 4.78 is 0. The third-order valence-electron chi connectivity index (χ3n) is 4.21. The van der Waals surface area contributed by atoms with E-state index < -0.39 is 0 Å². The van der Waals surface area contributed by atoms with Gasteiger partial charge in [0.25, 0.3) is 5.91 Å². The fourth-order valence-corrected chi connectivity index (χ4v) is 2.97. The summed E-state index contributed by atoms with van der Waals surface area (Å²) in [6.45, 7) is 0.773. The second-order valence-electron chi connectivity index (χ2n) is 6.28. The van der Waals surface area contributed by atoms with E-state index in [4.69, 9.17) is 11.6 Å². The molecule has 0 spiro atoms. The molecule has 1 unspecified atom stereocenters. The van der Waals surface area contributed by atoms with Crippen molar-refractivity contribution < 1.29 is 9.69 Å². The maximum Gasteiger partial charge on any atom is 0.283 e. The van der Waals surface area contributed by atoms with E-state index in [-0.39, 0.29) is 11.9 Å². The van der Waals surface area contributed by atoms with Crippen LogP contribution >= 0.6 is 11.6 Å². The maximum absolute atomic E-state index is 12.7. The first kappa shape index (κ1) is 16.0. The predicted octanol–water partition coefficient (Wildman–Crippen LogP) is 2.37. The summed E-state index contributed by atoms with van der Waals surface area (Å²) in [6.07, 6.45) is 2.20. The molecule has 1 fully saturated rings. The smallest absolute Gasteiger partial charge is 0.283 e. The number of carbonyl (C=O) groups excluding carboxylic acids is 1. The van der Waals surface area contributed by atoms with Gasteiger partial charge in [0.05, 0.1) is 7.05 Å². The van der Waals surface area contributed by atoms with Crippen LogP contribution in [0, 0.1) is 0 Å². The standard InChI is InChI=1S/C19H21ClN2O/c1-22(13-14-7-9-16(20)10-8-14)18(15-5-3-2-4-6-15)19(23)21-17-11-12-17/h2-10,17-18H,11-13H2,1H3,(H,21,23)/p+1/t18-/m1/s1. The molecule has 2 atom stereocenters. The van der Waals surface area contributed by atoms with Crippen molar-refractivity contribution in [3.63, 3.8) is 0 Å². The number of amides is 1. The van der Waals surface area contributed by atoms with E-state index in [1.54, 1.807) is 0 Å². The Morgan fingerprint density at radius 1 is 1.17 bits per heavy atom. The summed E-state index contributed by atoms with van der Waals surface area (Å²) >= 11 is 5.95. The van der Waals surface area contributed by atoms with E-state index in [0.29, 0.717) is 6.04 Å². The van der Waals surface area contributed by atoms with Crippen LogP contribution in [0.15, 0.2) is 54.6 Å². The first-order chi connectivity index (χ1) is 11.1. The van der Waals surface area contributed by atoms with Gasteiger partial charge in [0, 0.05) is 22.2 Å². The first-order valence-corrected chi connectivity index (χ1v) is 8.43. The fourth-order valence-electron chi connectivity index (χ4n) is 2.84. The van der Waals surface area contributed by atoms with Crippen LogP contribution in [-0.2, 0) is 11.3 Å². The van der Waals surface area contributed by atoms with Crippen molar-refractivity contribution in [2.24, 2.45) is 0 Å². The van der Waals surface area contributed by atoms with Crippen molar-refractivity contribution in [3.05, 3.63) is 70.7 Å². The van der Waals surface area contributed by atoms with Crippen LogP contribution in [0.4, 0.5) is 0 Å². The van der Waals surface area contributed by atoms with Crippen molar-refractivity contribution in [2.75, 3.05) is 7.05 Å². The van der Waals surface area contributed by atoms with Gasteiger partial charge in [-0.15, -0.1) is 0 Å². The maximum atomic E-state index is 12.7. The van der Waals surface area contributed by atoms with Crippen LogP contribution in [0.2, 0.25) is 5.02 Å². The lowest BCUT2D eigenvalue weighted by Gasteiger charge is -2.25. The zero-order valence-corrected chi connectivity index (χ0v) is 14.0. The molecule has 1 aliphatic carbocycles. The van der Waals surface area contributed by atoms with Crippen molar-refractivity contribution in [1.82, 2.24) is 5.32 Å². The number of benzene rings is 2. The molecule has 2 aromatic rings. The van der Waals surface area contributed by atoms with Gasteiger partial charge in [0.2, 0.25) is 0 Å². The summed E-state index contributed by atoms with van der Waals surface area (Å²) in [5.41, 5.74) is 2.23. The van der Waals surface area contributed by atoms with Gasteiger partial charge in [-0.25, -0.2) is 0 Å². The molecule has 1 saturated carbocycles. The molecule has 0 heterocycles. The SMILES string of the molecule is C[NH+](Cc1ccc(Cl)cc1)[C@@H](C(=O)NC1CC1)c1ccccc1. The molecule has 2 N–H and O–H groups in total. The highest BCUT2D eigenvalue weighted by molar-refractivity contribution is 6.30. The predicted molar refractivity (Wildman–Crippen MR) is 92.4 cm³/mol. The van der Waals surface area contributed by atoms with Crippen molar-refractivity contribution >= 4 is 17.5 Å². The van der Waals surface area contributed by atoms with Gasteiger partial charge < -0.3 is 10.2 Å². The van der Waals surface area contributed by atoms with Crippen LogP contribution in [0.1, 0.15) is 30.0 Å². The highest BCUT2D eigenvalue weighted by Crippen LogP contribution is 2.20. The minimum absolute atomic E-state index is 0.116. The Hall–Kier alpha value is -1.84. The van der Waals surface area contributed by atoms with Gasteiger partial charge in [0.15, 0.2) is 6.04 Å². The minimum Gasteiger partial charge on any atom is -0.348 e. The molecule has 0 saturated heterocycles. The van der Waals surface area contributed by atoms with Crippen molar-refractivity contribution in [1.29, 1.82) is 0 Å². The zero-order valence-electron chi connectivity index (χ0n) is 13.3. The molecular weight excluding hydrogens is 308 g/mol. The van der Waals surface area contributed by atoms with Crippen molar-refractivity contribution in [3.8, 4) is 0 Å². The van der Waals surface area contributed by atoms with E-state index in [0.717, 1.165) is 34.9 Å². The number of hydrogen-bond acceptors (Lipinski definition) is 1. The van der Waals surface area contributed by atoms with E-state index >= 15 is 0 Å². The summed E-state index contributed by atoms with van der Waals surface area (Å²) in [5, 5.41) is 3.88. The van der Waals surface area contributed by atoms with E-state index in [9.17, 15) is 4.79 Å². The molecule has 23 heavy (non-hydrogen) atoms. The zero-order chi connectivity index (χ0) is 16.2. The Kier molecular flexibility index (Phi) is 4.99. The van der Waals surface area contributed by atoms with Crippen LogP contribution in [-0.4, -0.2) is 19.0 Å². The number of carbonyl (C=O) groups is 1. The van der Waals surface area contributed by atoms with Gasteiger partial charge in [0.1, 0.15) is 6.54 Å². The molecule has 3 rings (SSSR count). The topological polar surface area (TPSA) is 33.5 Å². The van der Waals surface area contributed by atoms with Gasteiger partial charge in [-0.05, 0) is 25.0 Å². The molecule has 2 aromatic carbocycles. The summed E-state index contributed by atoms with van der Waals surface area (Å²) in [6, 6.07) is 18.0. The largest absolute Gasteiger partial charge is 0.348 e. The molecule has 1 amide bonds. The summed E-state index contributed by atoms with van der Waals surface area (Å²) in [4.78, 5) is 13.9. The molecule has 3 nitrogen and oxygen atoms in total. The molecule has 120 valence electrons. The third kappa shape index (κ3) is 4.34. The Morgan fingerprint density at radius 2 is 1.83 bits per heavy atom. The Labute approximate surface area is 142 Å². The van der Waals surface area contributed by atoms with E-state index in [1.165, 1.54) is 5.56 Å². The molecule has 0 bridgehead atoms. The normalized spacial score (nSPS) is 16.6. The molecule has 0 radical (unpaired) electrons. The lowest BCUT2D eigenvalue weighted by Crippen LogP contribution is -3.09. The Morgan fingerprint density at radius 3 is 2.43 bits per heavy atom. The lowest BCUT2D eigenvalue weighted by atomic mass is 10.0. The fraction of sp³-hybridized carbons (Fsp3) is 0.316. The number of nitrogens with one attached hydrogen (secondary N) is 2. The van der Waals surface area contributed by atoms with Gasteiger partial charge >= 0.3 is 0 Å². The van der Waals surface area contributed by atoms with Crippen LogP contribution in [0.3, 0.4) is 0 Å². The van der Waals surface area contributed by atoms with Crippen LogP contribution in [0.25, 0.3) is 0 Å².